The molecule has 1 aromatic carbocycles. The Kier molecular flexibility index (Phi) is 4.95. The number of benzene rings is 1. The molecule has 1 saturated carbocycles. The SMILES string of the molecule is Cc1c(-c2cc(Cl)c3cnc(NC(=O)C4CC4F)cc3c2)cnn1C1CCCCO1. The lowest BCUT2D eigenvalue weighted by Crippen LogP contribution is -2.20. The number of aromatic nitrogens is 3. The summed E-state index contributed by atoms with van der Waals surface area (Å²) in [4.78, 5) is 16.3. The molecule has 1 aliphatic heterocycles. The van der Waals surface area contributed by atoms with Crippen LogP contribution in [0.15, 0.2) is 30.6 Å². The number of alkyl halides is 1. The lowest BCUT2D eigenvalue weighted by Gasteiger charge is -2.24. The fourth-order valence-electron chi connectivity index (χ4n) is 4.01. The number of rotatable bonds is 4. The van der Waals surface area contributed by atoms with Gasteiger partial charge in [-0.1, -0.05) is 11.6 Å². The predicted octanol–water partition coefficient (Wildman–Crippen LogP) is 5.06. The Bertz CT molecular complexity index is 1130. The van der Waals surface area contributed by atoms with Crippen LogP contribution in [0.5, 0.6) is 0 Å². The first-order chi connectivity index (χ1) is 14.5. The van der Waals surface area contributed by atoms with Crippen LogP contribution in [-0.4, -0.2) is 33.5 Å². The molecule has 3 aromatic rings. The maximum absolute atomic E-state index is 13.1. The average Bonchev–Trinajstić information content (AvgIpc) is 3.35. The fraction of sp³-hybridized carbons (Fsp3) is 0.409. The summed E-state index contributed by atoms with van der Waals surface area (Å²) < 4.78 is 20.9. The van der Waals surface area contributed by atoms with Crippen molar-refractivity contribution >= 4 is 34.1 Å². The van der Waals surface area contributed by atoms with Gasteiger partial charge in [-0.15, -0.1) is 0 Å². The quantitative estimate of drug-likeness (QED) is 0.630. The van der Waals surface area contributed by atoms with Gasteiger partial charge in [0.05, 0.1) is 17.1 Å². The molecule has 2 aromatic heterocycles. The van der Waals surface area contributed by atoms with E-state index in [9.17, 15) is 9.18 Å². The van der Waals surface area contributed by atoms with E-state index in [1.807, 2.05) is 29.9 Å². The van der Waals surface area contributed by atoms with Gasteiger partial charge >= 0.3 is 0 Å². The molecule has 1 saturated heterocycles. The molecule has 5 rings (SSSR count). The van der Waals surface area contributed by atoms with Crippen LogP contribution < -0.4 is 5.32 Å². The Morgan fingerprint density at radius 1 is 1.30 bits per heavy atom. The summed E-state index contributed by atoms with van der Waals surface area (Å²) in [6.07, 6.45) is 5.84. The molecule has 3 unspecified atom stereocenters. The van der Waals surface area contributed by atoms with E-state index in [0.29, 0.717) is 10.8 Å². The molecular weight excluding hydrogens is 407 g/mol. The minimum absolute atomic E-state index is 0.0313. The van der Waals surface area contributed by atoms with Gasteiger partial charge in [0.1, 0.15) is 18.2 Å². The van der Waals surface area contributed by atoms with Crippen LogP contribution in [-0.2, 0) is 9.53 Å². The third kappa shape index (κ3) is 3.56. The summed E-state index contributed by atoms with van der Waals surface area (Å²) in [5.74, 6) is -0.503. The molecule has 3 atom stereocenters. The molecular formula is C22H22ClFN4O2. The van der Waals surface area contributed by atoms with E-state index >= 15 is 0 Å². The molecule has 0 spiro atoms. The van der Waals surface area contributed by atoms with E-state index in [0.717, 1.165) is 53.5 Å². The van der Waals surface area contributed by atoms with E-state index in [4.69, 9.17) is 16.3 Å². The number of nitrogens with one attached hydrogen (secondary N) is 1. The lowest BCUT2D eigenvalue weighted by atomic mass is 10.0. The summed E-state index contributed by atoms with van der Waals surface area (Å²) in [7, 11) is 0. The van der Waals surface area contributed by atoms with Crippen molar-refractivity contribution in [1.82, 2.24) is 14.8 Å². The second kappa shape index (κ2) is 7.63. The lowest BCUT2D eigenvalue weighted by molar-refractivity contribution is -0.117. The van der Waals surface area contributed by atoms with Crippen molar-refractivity contribution in [1.29, 1.82) is 0 Å². The highest BCUT2D eigenvalue weighted by Gasteiger charge is 2.43. The first-order valence-electron chi connectivity index (χ1n) is 10.2. The van der Waals surface area contributed by atoms with Crippen molar-refractivity contribution in [2.45, 2.75) is 45.0 Å². The predicted molar refractivity (Wildman–Crippen MR) is 113 cm³/mol. The molecule has 1 aliphatic carbocycles. The maximum atomic E-state index is 13.1. The molecule has 0 bridgehead atoms. The third-order valence-corrected chi connectivity index (χ3v) is 6.18. The van der Waals surface area contributed by atoms with Crippen LogP contribution in [0.2, 0.25) is 5.02 Å². The van der Waals surface area contributed by atoms with E-state index in [1.165, 1.54) is 0 Å². The van der Waals surface area contributed by atoms with Gasteiger partial charge in [-0.05, 0) is 61.8 Å². The largest absolute Gasteiger partial charge is 0.357 e. The van der Waals surface area contributed by atoms with Gasteiger partial charge in [-0.3, -0.25) is 4.79 Å². The zero-order chi connectivity index (χ0) is 20.8. The second-order valence-electron chi connectivity index (χ2n) is 8.01. The van der Waals surface area contributed by atoms with Crippen molar-refractivity contribution in [3.63, 3.8) is 0 Å². The first kappa shape index (κ1) is 19.5. The van der Waals surface area contributed by atoms with Gasteiger partial charge in [0, 0.05) is 29.4 Å². The number of halogens is 2. The number of fused-ring (bicyclic) bond motifs is 1. The summed E-state index contributed by atoms with van der Waals surface area (Å²) >= 11 is 6.53. The molecule has 0 radical (unpaired) electrons. The van der Waals surface area contributed by atoms with Crippen LogP contribution in [0.3, 0.4) is 0 Å². The highest BCUT2D eigenvalue weighted by Crippen LogP contribution is 2.36. The van der Waals surface area contributed by atoms with E-state index in [2.05, 4.69) is 15.4 Å². The molecule has 3 heterocycles. The number of carbonyl (C=O) groups is 1. The molecule has 8 heteroatoms. The van der Waals surface area contributed by atoms with Gasteiger partial charge in [0.25, 0.3) is 0 Å². The highest BCUT2D eigenvalue weighted by atomic mass is 35.5. The molecule has 1 amide bonds. The fourth-order valence-corrected chi connectivity index (χ4v) is 4.28. The molecule has 2 aliphatic rings. The van der Waals surface area contributed by atoms with E-state index in [-0.39, 0.29) is 18.6 Å². The highest BCUT2D eigenvalue weighted by molar-refractivity contribution is 6.36. The average molecular weight is 429 g/mol. The van der Waals surface area contributed by atoms with Crippen molar-refractivity contribution in [2.24, 2.45) is 5.92 Å². The smallest absolute Gasteiger partial charge is 0.231 e. The summed E-state index contributed by atoms with van der Waals surface area (Å²) in [5.41, 5.74) is 2.93. The minimum atomic E-state index is -1.04. The Morgan fingerprint density at radius 3 is 2.87 bits per heavy atom. The number of anilines is 1. The number of hydrogen-bond acceptors (Lipinski definition) is 4. The van der Waals surface area contributed by atoms with Gasteiger partial charge < -0.3 is 10.1 Å². The minimum Gasteiger partial charge on any atom is -0.357 e. The molecule has 30 heavy (non-hydrogen) atoms. The number of carbonyl (C=O) groups excluding carboxylic acids is 1. The van der Waals surface area contributed by atoms with Crippen molar-refractivity contribution in [3.05, 3.63) is 41.3 Å². The van der Waals surface area contributed by atoms with Crippen LogP contribution in [0.25, 0.3) is 21.9 Å². The van der Waals surface area contributed by atoms with Gasteiger partial charge in [0.2, 0.25) is 5.91 Å². The normalized spacial score (nSPS) is 23.5. The standard InChI is InChI=1S/C22H22ClFN4O2/c1-12-16(11-26-28(12)21-4-2-3-5-30-21)13-6-14-8-20(25-10-17(14)18(23)7-13)27-22(29)15-9-19(15)24/h6-8,10-11,15,19,21H,2-5,9H2,1H3,(H,25,27,29). The zero-order valence-electron chi connectivity index (χ0n) is 16.6. The first-order valence-corrected chi connectivity index (χ1v) is 10.6. The third-order valence-electron chi connectivity index (χ3n) is 5.87. The van der Waals surface area contributed by atoms with Crippen LogP contribution in [0, 0.1) is 12.8 Å². The Morgan fingerprint density at radius 2 is 2.13 bits per heavy atom. The maximum Gasteiger partial charge on any atom is 0.231 e. The number of amides is 1. The number of pyridine rings is 1. The monoisotopic (exact) mass is 428 g/mol. The topological polar surface area (TPSA) is 69.0 Å². The van der Waals surface area contributed by atoms with Crippen LogP contribution in [0.1, 0.15) is 37.6 Å². The number of ether oxygens (including phenoxy) is 1. The zero-order valence-corrected chi connectivity index (χ0v) is 17.3. The number of nitrogens with zero attached hydrogens (tertiary/aromatic N) is 3. The van der Waals surface area contributed by atoms with Crippen molar-refractivity contribution in [2.75, 3.05) is 11.9 Å². The molecule has 6 nitrogen and oxygen atoms in total. The second-order valence-corrected chi connectivity index (χ2v) is 8.41. The Balaban J connectivity index is 1.47. The van der Waals surface area contributed by atoms with E-state index < -0.39 is 12.1 Å². The molecule has 1 N–H and O–H groups in total. The Hall–Kier alpha value is -2.51. The van der Waals surface area contributed by atoms with Crippen molar-refractivity contribution in [3.8, 4) is 11.1 Å². The summed E-state index contributed by atoms with van der Waals surface area (Å²) in [5, 5.41) is 9.46. The molecule has 2 fully saturated rings. The molecule has 156 valence electrons. The van der Waals surface area contributed by atoms with Gasteiger partial charge in [0.15, 0.2) is 0 Å². The summed E-state index contributed by atoms with van der Waals surface area (Å²) in [6.45, 7) is 2.78. The van der Waals surface area contributed by atoms with E-state index in [1.54, 1.807) is 12.3 Å². The van der Waals surface area contributed by atoms with Gasteiger partial charge in [-0.2, -0.15) is 5.10 Å². The van der Waals surface area contributed by atoms with Gasteiger partial charge in [-0.25, -0.2) is 14.1 Å². The van der Waals surface area contributed by atoms with Crippen LogP contribution in [0.4, 0.5) is 10.2 Å². The Labute approximate surface area is 178 Å². The number of hydrogen-bond donors (Lipinski definition) is 1. The van der Waals surface area contributed by atoms with Crippen LogP contribution >= 0.6 is 11.6 Å². The van der Waals surface area contributed by atoms with Crippen molar-refractivity contribution < 1.29 is 13.9 Å². The summed E-state index contributed by atoms with van der Waals surface area (Å²) in [6, 6.07) is 5.67.